The molecule has 19 heavy (non-hydrogen) atoms. The molecule has 0 saturated carbocycles. The van der Waals surface area contributed by atoms with Gasteiger partial charge in [-0.25, -0.2) is 14.2 Å². The Bertz CT molecular complexity index is 644. The summed E-state index contributed by atoms with van der Waals surface area (Å²) in [5.74, 6) is -1.33. The first-order chi connectivity index (χ1) is 8.97. The van der Waals surface area contributed by atoms with Crippen molar-refractivity contribution in [1.29, 1.82) is 0 Å². The van der Waals surface area contributed by atoms with Crippen LogP contribution in [0.2, 0.25) is 0 Å². The van der Waals surface area contributed by atoms with Gasteiger partial charge in [0.1, 0.15) is 5.82 Å². The minimum atomic E-state index is -1.12. The number of nitrogens with zero attached hydrogens (tertiary/aromatic N) is 1. The largest absolute Gasteiger partial charge is 0.478 e. The van der Waals surface area contributed by atoms with E-state index in [1.165, 1.54) is 12.1 Å². The maximum atomic E-state index is 13.7. The first-order valence-electron chi connectivity index (χ1n) is 5.49. The number of hydrogen-bond donors (Lipinski definition) is 3. The molecule has 4 N–H and O–H groups in total. The van der Waals surface area contributed by atoms with Crippen LogP contribution in [0.5, 0.6) is 0 Å². The molecule has 0 bridgehead atoms. The van der Waals surface area contributed by atoms with E-state index in [4.69, 9.17) is 10.8 Å². The number of rotatable bonds is 3. The van der Waals surface area contributed by atoms with Crippen LogP contribution < -0.4 is 11.1 Å². The summed E-state index contributed by atoms with van der Waals surface area (Å²) in [6.07, 6.45) is 1.16. The van der Waals surface area contributed by atoms with Crippen molar-refractivity contribution < 1.29 is 14.3 Å². The Morgan fingerprint density at radius 3 is 2.74 bits per heavy atom. The molecule has 0 unspecified atom stereocenters. The number of carboxylic acid groups (broad SMARTS) is 1. The van der Waals surface area contributed by atoms with E-state index in [0.29, 0.717) is 0 Å². The van der Waals surface area contributed by atoms with Gasteiger partial charge >= 0.3 is 5.97 Å². The van der Waals surface area contributed by atoms with Crippen LogP contribution in [-0.4, -0.2) is 16.1 Å². The second kappa shape index (κ2) is 4.93. The topological polar surface area (TPSA) is 88.2 Å². The van der Waals surface area contributed by atoms with Crippen LogP contribution in [0.3, 0.4) is 0 Å². The zero-order valence-electron chi connectivity index (χ0n) is 10.1. The molecule has 0 aliphatic heterocycles. The van der Waals surface area contributed by atoms with E-state index in [-0.39, 0.29) is 22.8 Å². The first kappa shape index (κ1) is 12.8. The number of nitrogens with one attached hydrogen (secondary N) is 1. The molecule has 2 aromatic rings. The van der Waals surface area contributed by atoms with E-state index in [9.17, 15) is 9.18 Å². The van der Waals surface area contributed by atoms with Gasteiger partial charge in [-0.05, 0) is 30.7 Å². The highest BCUT2D eigenvalue weighted by atomic mass is 19.1. The van der Waals surface area contributed by atoms with Crippen molar-refractivity contribution in [2.75, 3.05) is 11.1 Å². The van der Waals surface area contributed by atoms with Crippen LogP contribution >= 0.6 is 0 Å². The van der Waals surface area contributed by atoms with E-state index in [1.807, 2.05) is 0 Å². The molecular formula is C13H12FN3O2. The lowest BCUT2D eigenvalue weighted by molar-refractivity contribution is 0.0696. The summed E-state index contributed by atoms with van der Waals surface area (Å²) >= 11 is 0. The number of aryl methyl sites for hydroxylation is 1. The molecule has 2 rings (SSSR count). The van der Waals surface area contributed by atoms with Crippen molar-refractivity contribution in [3.63, 3.8) is 0 Å². The summed E-state index contributed by atoms with van der Waals surface area (Å²) in [4.78, 5) is 14.6. The van der Waals surface area contributed by atoms with Crippen LogP contribution in [0.4, 0.5) is 21.6 Å². The number of hydrogen-bond acceptors (Lipinski definition) is 4. The predicted molar refractivity (Wildman–Crippen MR) is 70.0 cm³/mol. The molecule has 5 nitrogen and oxygen atoms in total. The van der Waals surface area contributed by atoms with Gasteiger partial charge in [-0.15, -0.1) is 0 Å². The molecule has 0 aliphatic carbocycles. The summed E-state index contributed by atoms with van der Waals surface area (Å²) < 4.78 is 13.7. The van der Waals surface area contributed by atoms with Gasteiger partial charge in [-0.3, -0.25) is 0 Å². The molecule has 0 saturated heterocycles. The number of nitrogens with two attached hydrogens (primary N) is 1. The van der Waals surface area contributed by atoms with Crippen LogP contribution in [-0.2, 0) is 0 Å². The fourth-order valence-corrected chi connectivity index (χ4v) is 1.55. The second-order valence-corrected chi connectivity index (χ2v) is 4.08. The van der Waals surface area contributed by atoms with Gasteiger partial charge in [0.2, 0.25) is 0 Å². The number of benzene rings is 1. The lowest BCUT2D eigenvalue weighted by Gasteiger charge is -2.10. The quantitative estimate of drug-likeness (QED) is 0.790. The maximum Gasteiger partial charge on any atom is 0.337 e. The Balaban J connectivity index is 2.31. The van der Waals surface area contributed by atoms with Crippen molar-refractivity contribution >= 4 is 23.2 Å². The Labute approximate surface area is 108 Å². The third-order valence-corrected chi connectivity index (χ3v) is 2.54. The highest BCUT2D eigenvalue weighted by molar-refractivity contribution is 5.89. The van der Waals surface area contributed by atoms with Crippen molar-refractivity contribution in [2.45, 2.75) is 6.92 Å². The van der Waals surface area contributed by atoms with Crippen molar-refractivity contribution in [1.82, 2.24) is 4.98 Å². The zero-order chi connectivity index (χ0) is 14.0. The minimum absolute atomic E-state index is 0.0209. The van der Waals surface area contributed by atoms with Crippen LogP contribution in [0, 0.1) is 12.7 Å². The average molecular weight is 261 g/mol. The van der Waals surface area contributed by atoms with Crippen LogP contribution in [0.15, 0.2) is 30.5 Å². The molecule has 6 heteroatoms. The van der Waals surface area contributed by atoms with E-state index in [0.717, 1.165) is 11.8 Å². The number of pyridine rings is 1. The summed E-state index contributed by atoms with van der Waals surface area (Å²) in [5, 5.41) is 11.5. The Hall–Kier alpha value is -2.63. The van der Waals surface area contributed by atoms with E-state index >= 15 is 0 Å². The standard InChI is InChI=1S/C13H12FN3O2/c1-7-2-3-11(9(14)4-7)17-12-10(15)5-8(6-16-12)13(18)19/h2-6H,15H2,1H3,(H,16,17)(H,18,19). The second-order valence-electron chi connectivity index (χ2n) is 4.08. The number of aromatic nitrogens is 1. The van der Waals surface area contributed by atoms with Crippen molar-refractivity contribution in [2.24, 2.45) is 0 Å². The van der Waals surface area contributed by atoms with Crippen molar-refractivity contribution in [3.8, 4) is 0 Å². The zero-order valence-corrected chi connectivity index (χ0v) is 10.1. The van der Waals surface area contributed by atoms with Gasteiger partial charge < -0.3 is 16.2 Å². The Morgan fingerprint density at radius 1 is 1.42 bits per heavy atom. The number of carboxylic acids is 1. The molecule has 0 spiro atoms. The Kier molecular flexibility index (Phi) is 3.33. The summed E-state index contributed by atoms with van der Waals surface area (Å²) in [5.41, 5.74) is 6.82. The van der Waals surface area contributed by atoms with Gasteiger partial charge in [-0.2, -0.15) is 0 Å². The maximum absolute atomic E-state index is 13.7. The molecule has 1 aromatic heterocycles. The summed E-state index contributed by atoms with van der Waals surface area (Å²) in [6, 6.07) is 5.96. The van der Waals surface area contributed by atoms with Crippen molar-refractivity contribution in [3.05, 3.63) is 47.4 Å². The third kappa shape index (κ3) is 2.79. The number of carbonyl (C=O) groups is 1. The van der Waals surface area contributed by atoms with Gasteiger partial charge in [0.25, 0.3) is 0 Å². The van der Waals surface area contributed by atoms with E-state index < -0.39 is 11.8 Å². The molecule has 98 valence electrons. The van der Waals surface area contributed by atoms with Crippen LogP contribution in [0.1, 0.15) is 15.9 Å². The highest BCUT2D eigenvalue weighted by Crippen LogP contribution is 2.24. The predicted octanol–water partition coefficient (Wildman–Crippen LogP) is 2.55. The highest BCUT2D eigenvalue weighted by Gasteiger charge is 2.09. The molecule has 0 amide bonds. The number of aromatic carboxylic acids is 1. The molecule has 0 atom stereocenters. The molecule has 0 radical (unpaired) electrons. The van der Waals surface area contributed by atoms with E-state index in [2.05, 4.69) is 10.3 Å². The van der Waals surface area contributed by atoms with Gasteiger partial charge in [0.05, 0.1) is 16.9 Å². The van der Waals surface area contributed by atoms with E-state index in [1.54, 1.807) is 19.1 Å². The Morgan fingerprint density at radius 2 is 2.16 bits per heavy atom. The molecule has 1 aromatic carbocycles. The first-order valence-corrected chi connectivity index (χ1v) is 5.49. The monoisotopic (exact) mass is 261 g/mol. The number of anilines is 3. The van der Waals surface area contributed by atoms with Gasteiger partial charge in [0.15, 0.2) is 5.82 Å². The normalized spacial score (nSPS) is 10.2. The number of nitrogen functional groups attached to an aromatic ring is 1. The average Bonchev–Trinajstić information content (AvgIpc) is 2.34. The molecular weight excluding hydrogens is 249 g/mol. The third-order valence-electron chi connectivity index (χ3n) is 2.54. The molecule has 0 aliphatic rings. The van der Waals surface area contributed by atoms with Gasteiger partial charge in [-0.1, -0.05) is 6.07 Å². The molecule has 1 heterocycles. The smallest absolute Gasteiger partial charge is 0.337 e. The fourth-order valence-electron chi connectivity index (χ4n) is 1.55. The lowest BCUT2D eigenvalue weighted by Crippen LogP contribution is -2.04. The number of halogens is 1. The minimum Gasteiger partial charge on any atom is -0.478 e. The fraction of sp³-hybridized carbons (Fsp3) is 0.0769. The molecule has 0 fully saturated rings. The SMILES string of the molecule is Cc1ccc(Nc2ncc(C(=O)O)cc2N)c(F)c1. The summed E-state index contributed by atoms with van der Waals surface area (Å²) in [7, 11) is 0. The van der Waals surface area contributed by atoms with Crippen LogP contribution in [0.25, 0.3) is 0 Å². The van der Waals surface area contributed by atoms with Gasteiger partial charge in [0, 0.05) is 6.20 Å². The lowest BCUT2D eigenvalue weighted by atomic mass is 10.2. The summed E-state index contributed by atoms with van der Waals surface area (Å²) in [6.45, 7) is 1.78.